The molecule has 2 rings (SSSR count). The number of carbonyl (C=O) groups is 1. The second kappa shape index (κ2) is 8.13. The van der Waals surface area contributed by atoms with Crippen molar-refractivity contribution in [3.8, 4) is 5.75 Å². The molecular formula is C17H12BrF3N2O3. The minimum atomic E-state index is -5.21. The maximum atomic E-state index is 12.8. The molecule has 2 aromatic rings. The highest BCUT2D eigenvalue weighted by Gasteiger charge is 2.43. The van der Waals surface area contributed by atoms with Gasteiger partial charge < -0.3 is 9.84 Å². The topological polar surface area (TPSA) is 71.2 Å². The Balaban J connectivity index is 2.46. The minimum Gasteiger partial charge on any atom is -0.505 e. The lowest BCUT2D eigenvalue weighted by Crippen LogP contribution is -2.24. The van der Waals surface area contributed by atoms with E-state index in [1.807, 2.05) is 0 Å². The fourth-order valence-corrected chi connectivity index (χ4v) is 2.10. The zero-order valence-electron chi connectivity index (χ0n) is 13.3. The third kappa shape index (κ3) is 4.92. The SMILES string of the molecule is COc1ccc(N=NC(C(=O)C(F)(F)F)=C(O)c2ccc(Br)cc2)cc1. The fraction of sp³-hybridized carbons (Fsp3) is 0.118. The molecule has 0 spiro atoms. The van der Waals surface area contributed by atoms with Gasteiger partial charge in [0.25, 0.3) is 5.78 Å². The number of Topliss-reactive ketones (excluding diaryl/α,β-unsaturated/α-hetero) is 1. The van der Waals surface area contributed by atoms with E-state index in [0.29, 0.717) is 10.2 Å². The number of alkyl halides is 3. The van der Waals surface area contributed by atoms with E-state index in [9.17, 15) is 23.1 Å². The molecule has 0 aromatic heterocycles. The van der Waals surface area contributed by atoms with Crippen LogP contribution in [0.25, 0.3) is 5.76 Å². The van der Waals surface area contributed by atoms with Gasteiger partial charge in [0.15, 0.2) is 11.5 Å². The Kier molecular flexibility index (Phi) is 6.14. The maximum absolute atomic E-state index is 12.8. The first-order valence-electron chi connectivity index (χ1n) is 7.09. The number of rotatable bonds is 5. The summed E-state index contributed by atoms with van der Waals surface area (Å²) in [6, 6.07) is 11.6. The van der Waals surface area contributed by atoms with E-state index in [2.05, 4.69) is 26.2 Å². The largest absolute Gasteiger partial charge is 0.505 e. The van der Waals surface area contributed by atoms with Crippen LogP contribution in [0.2, 0.25) is 0 Å². The predicted octanol–water partition coefficient (Wildman–Crippen LogP) is 5.60. The standard InChI is InChI=1S/C17H12BrF3N2O3/c1-26-13-8-6-12(7-9-13)22-23-14(16(25)17(19,20)21)15(24)10-2-4-11(18)5-3-10/h2-9,24H,1H3. The Morgan fingerprint density at radius 3 is 2.15 bits per heavy atom. The molecule has 0 bridgehead atoms. The summed E-state index contributed by atoms with van der Waals surface area (Å²) in [4.78, 5) is 11.6. The number of ketones is 1. The molecule has 0 fully saturated rings. The van der Waals surface area contributed by atoms with Gasteiger partial charge >= 0.3 is 6.18 Å². The molecule has 5 nitrogen and oxygen atoms in total. The third-order valence-corrected chi connectivity index (χ3v) is 3.68. The van der Waals surface area contributed by atoms with E-state index in [-0.39, 0.29) is 11.3 Å². The number of hydrogen-bond donors (Lipinski definition) is 1. The number of aliphatic hydroxyl groups is 1. The maximum Gasteiger partial charge on any atom is 0.456 e. The van der Waals surface area contributed by atoms with Crippen LogP contribution in [-0.2, 0) is 4.79 Å². The number of carbonyl (C=O) groups excluding carboxylic acids is 1. The smallest absolute Gasteiger partial charge is 0.456 e. The van der Waals surface area contributed by atoms with Gasteiger partial charge in [-0.1, -0.05) is 28.1 Å². The Morgan fingerprint density at radius 2 is 1.65 bits per heavy atom. The summed E-state index contributed by atoms with van der Waals surface area (Å²) in [5.41, 5.74) is -1.02. The van der Waals surface area contributed by atoms with E-state index >= 15 is 0 Å². The molecule has 0 saturated carbocycles. The fourth-order valence-electron chi connectivity index (χ4n) is 1.84. The molecule has 0 atom stereocenters. The number of nitrogens with zero attached hydrogens (tertiary/aromatic N) is 2. The van der Waals surface area contributed by atoms with Crippen molar-refractivity contribution < 1.29 is 27.8 Å². The van der Waals surface area contributed by atoms with Crippen molar-refractivity contribution in [1.29, 1.82) is 0 Å². The van der Waals surface area contributed by atoms with Crippen LogP contribution in [0.15, 0.2) is 68.9 Å². The molecule has 0 unspecified atom stereocenters. The lowest BCUT2D eigenvalue weighted by molar-refractivity contribution is -0.166. The number of benzene rings is 2. The van der Waals surface area contributed by atoms with Gasteiger partial charge in [-0.2, -0.15) is 18.3 Å². The molecule has 0 aliphatic carbocycles. The van der Waals surface area contributed by atoms with Crippen LogP contribution in [0, 0.1) is 0 Å². The molecule has 0 amide bonds. The molecule has 0 heterocycles. The second-order valence-corrected chi connectivity index (χ2v) is 5.84. The summed E-state index contributed by atoms with van der Waals surface area (Å²) in [6.45, 7) is 0. The van der Waals surface area contributed by atoms with Crippen molar-refractivity contribution in [2.45, 2.75) is 6.18 Å². The van der Waals surface area contributed by atoms with Crippen molar-refractivity contribution in [2.75, 3.05) is 7.11 Å². The second-order valence-electron chi connectivity index (χ2n) is 4.93. The predicted molar refractivity (Wildman–Crippen MR) is 92.3 cm³/mol. The third-order valence-electron chi connectivity index (χ3n) is 3.15. The summed E-state index contributed by atoms with van der Waals surface area (Å²) in [6.07, 6.45) is -5.21. The molecule has 0 aliphatic heterocycles. The van der Waals surface area contributed by atoms with Crippen LogP contribution in [0.4, 0.5) is 18.9 Å². The Bertz CT molecular complexity index is 845. The number of azo groups is 1. The van der Waals surface area contributed by atoms with Gasteiger partial charge in [0, 0.05) is 10.0 Å². The molecule has 0 aliphatic rings. The average molecular weight is 429 g/mol. The first-order chi connectivity index (χ1) is 12.2. The van der Waals surface area contributed by atoms with E-state index in [1.54, 1.807) is 0 Å². The van der Waals surface area contributed by atoms with E-state index in [0.717, 1.165) is 0 Å². The molecule has 1 N–H and O–H groups in total. The van der Waals surface area contributed by atoms with E-state index in [4.69, 9.17) is 4.74 Å². The summed E-state index contributed by atoms with van der Waals surface area (Å²) in [5.74, 6) is -2.70. The summed E-state index contributed by atoms with van der Waals surface area (Å²) < 4.78 is 44.1. The zero-order chi connectivity index (χ0) is 19.3. The van der Waals surface area contributed by atoms with Crippen LogP contribution < -0.4 is 4.74 Å². The Labute approximate surface area is 155 Å². The lowest BCUT2D eigenvalue weighted by Gasteiger charge is -2.08. The molecule has 2 aromatic carbocycles. The highest BCUT2D eigenvalue weighted by molar-refractivity contribution is 9.10. The molecule has 9 heteroatoms. The number of methoxy groups -OCH3 is 1. The number of ether oxygens (including phenoxy) is 1. The van der Waals surface area contributed by atoms with Gasteiger partial charge in [-0.05, 0) is 36.4 Å². The van der Waals surface area contributed by atoms with Gasteiger partial charge in [0.05, 0.1) is 12.8 Å². The van der Waals surface area contributed by atoms with Crippen molar-refractivity contribution in [2.24, 2.45) is 10.2 Å². The van der Waals surface area contributed by atoms with E-state index in [1.165, 1.54) is 55.6 Å². The highest BCUT2D eigenvalue weighted by Crippen LogP contribution is 2.28. The van der Waals surface area contributed by atoms with Gasteiger partial charge in [-0.3, -0.25) is 4.79 Å². The van der Waals surface area contributed by atoms with Crippen LogP contribution in [0.3, 0.4) is 0 Å². The van der Waals surface area contributed by atoms with Crippen LogP contribution >= 0.6 is 15.9 Å². The van der Waals surface area contributed by atoms with Gasteiger partial charge in [-0.25, -0.2) is 0 Å². The molecule has 0 radical (unpaired) electrons. The Hall–Kier alpha value is -2.68. The van der Waals surface area contributed by atoms with Crippen LogP contribution in [0.5, 0.6) is 5.75 Å². The van der Waals surface area contributed by atoms with E-state index < -0.39 is 23.4 Å². The summed E-state index contributed by atoms with van der Waals surface area (Å²) >= 11 is 3.17. The normalized spacial score (nSPS) is 12.8. The Morgan fingerprint density at radius 1 is 1.08 bits per heavy atom. The lowest BCUT2D eigenvalue weighted by atomic mass is 10.1. The molecule has 0 saturated heterocycles. The van der Waals surface area contributed by atoms with Gasteiger partial charge in [0.2, 0.25) is 0 Å². The first-order valence-corrected chi connectivity index (χ1v) is 7.88. The van der Waals surface area contributed by atoms with Crippen molar-refractivity contribution in [3.05, 3.63) is 64.3 Å². The highest BCUT2D eigenvalue weighted by atomic mass is 79.9. The van der Waals surface area contributed by atoms with Crippen molar-refractivity contribution in [3.63, 3.8) is 0 Å². The minimum absolute atomic E-state index is 0.00511. The number of hydrogen-bond acceptors (Lipinski definition) is 5. The molecule has 136 valence electrons. The van der Waals surface area contributed by atoms with Crippen molar-refractivity contribution >= 4 is 33.2 Å². The average Bonchev–Trinajstić information content (AvgIpc) is 2.62. The van der Waals surface area contributed by atoms with Crippen LogP contribution in [0.1, 0.15) is 5.56 Å². The monoisotopic (exact) mass is 428 g/mol. The molecule has 26 heavy (non-hydrogen) atoms. The van der Waals surface area contributed by atoms with Gasteiger partial charge in [0.1, 0.15) is 5.75 Å². The number of allylic oxidation sites excluding steroid dienone is 1. The quantitative estimate of drug-likeness (QED) is 0.382. The summed E-state index contributed by atoms with van der Waals surface area (Å²) in [5, 5.41) is 17.1. The summed E-state index contributed by atoms with van der Waals surface area (Å²) in [7, 11) is 1.45. The van der Waals surface area contributed by atoms with Crippen molar-refractivity contribution in [1.82, 2.24) is 0 Å². The number of halogens is 4. The number of aliphatic hydroxyl groups excluding tert-OH is 1. The molecular weight excluding hydrogens is 417 g/mol. The van der Waals surface area contributed by atoms with Crippen LogP contribution in [-0.4, -0.2) is 24.2 Å². The van der Waals surface area contributed by atoms with Gasteiger partial charge in [-0.15, -0.1) is 5.11 Å². The first kappa shape index (κ1) is 19.6. The zero-order valence-corrected chi connectivity index (χ0v) is 14.9.